The second-order valence-electron chi connectivity index (χ2n) is 5.75. The van der Waals surface area contributed by atoms with Crippen LogP contribution in [-0.2, 0) is 26.7 Å². The lowest BCUT2D eigenvalue weighted by molar-refractivity contribution is 0.134. The van der Waals surface area contributed by atoms with Gasteiger partial charge in [-0.25, -0.2) is 13.2 Å². The van der Waals surface area contributed by atoms with E-state index in [1.165, 1.54) is 12.0 Å². The maximum atomic E-state index is 12.5. The van der Waals surface area contributed by atoms with Crippen LogP contribution in [0.25, 0.3) is 0 Å². The molecular formula is C18H22N2O4S. The third kappa shape index (κ3) is 4.96. The van der Waals surface area contributed by atoms with E-state index in [1.54, 1.807) is 49.5 Å². The molecule has 2 aromatic rings. The van der Waals surface area contributed by atoms with Crippen LogP contribution in [0.1, 0.15) is 11.1 Å². The van der Waals surface area contributed by atoms with Crippen LogP contribution in [-0.4, -0.2) is 40.1 Å². The zero-order chi connectivity index (χ0) is 18.4. The summed E-state index contributed by atoms with van der Waals surface area (Å²) in [5, 5.41) is 0. The van der Waals surface area contributed by atoms with Crippen LogP contribution < -0.4 is 5.73 Å². The largest absolute Gasteiger partial charge is 0.453 e. The summed E-state index contributed by atoms with van der Waals surface area (Å²) < 4.78 is 29.7. The molecule has 0 unspecified atom stereocenters. The Balaban J connectivity index is 2.15. The number of carbonyl (C=O) groups is 1. The summed E-state index contributed by atoms with van der Waals surface area (Å²) in [5.74, 6) is -0.163. The van der Waals surface area contributed by atoms with E-state index in [0.717, 1.165) is 5.56 Å². The van der Waals surface area contributed by atoms with Gasteiger partial charge in [-0.1, -0.05) is 30.3 Å². The molecule has 0 aromatic heterocycles. The van der Waals surface area contributed by atoms with Crippen molar-refractivity contribution in [3.8, 4) is 0 Å². The Bertz CT molecular complexity index is 835. The molecule has 2 rings (SSSR count). The van der Waals surface area contributed by atoms with Gasteiger partial charge in [0.25, 0.3) is 0 Å². The van der Waals surface area contributed by atoms with Crippen LogP contribution in [0.4, 0.5) is 10.5 Å². The van der Waals surface area contributed by atoms with Gasteiger partial charge in [0.05, 0.1) is 17.8 Å². The van der Waals surface area contributed by atoms with Crippen molar-refractivity contribution in [2.45, 2.75) is 17.1 Å². The first kappa shape index (κ1) is 18.8. The van der Waals surface area contributed by atoms with Gasteiger partial charge in [-0.2, -0.15) is 0 Å². The van der Waals surface area contributed by atoms with Gasteiger partial charge in [-0.3, -0.25) is 0 Å². The molecule has 2 aromatic carbocycles. The molecule has 134 valence electrons. The van der Waals surface area contributed by atoms with Crippen molar-refractivity contribution in [3.05, 3.63) is 59.7 Å². The van der Waals surface area contributed by atoms with E-state index in [-0.39, 0.29) is 10.6 Å². The molecule has 0 atom stereocenters. The van der Waals surface area contributed by atoms with Crippen molar-refractivity contribution in [1.29, 1.82) is 0 Å². The third-order valence-corrected chi connectivity index (χ3v) is 5.56. The standard InChI is InChI=1S/C18H22N2O4S/c1-20(18(21)24-2)11-10-14-8-9-17(19)15(12-14)13-25(22,23)16-6-4-3-5-7-16/h3-9,12H,10-11,13,19H2,1-2H3. The molecule has 0 aliphatic carbocycles. The molecule has 0 spiro atoms. The fourth-order valence-corrected chi connectivity index (χ4v) is 3.80. The lowest BCUT2D eigenvalue weighted by Crippen LogP contribution is -2.28. The summed E-state index contributed by atoms with van der Waals surface area (Å²) in [6.45, 7) is 0.460. The van der Waals surface area contributed by atoms with Crippen molar-refractivity contribution < 1.29 is 17.9 Å². The number of ether oxygens (including phenoxy) is 1. The number of anilines is 1. The lowest BCUT2D eigenvalue weighted by atomic mass is 10.1. The highest BCUT2D eigenvalue weighted by Crippen LogP contribution is 2.22. The van der Waals surface area contributed by atoms with Crippen molar-refractivity contribution in [1.82, 2.24) is 4.90 Å². The van der Waals surface area contributed by atoms with E-state index in [9.17, 15) is 13.2 Å². The van der Waals surface area contributed by atoms with E-state index in [0.29, 0.717) is 24.2 Å². The Kier molecular flexibility index (Phi) is 6.03. The number of amides is 1. The van der Waals surface area contributed by atoms with Crippen molar-refractivity contribution in [2.75, 3.05) is 26.4 Å². The van der Waals surface area contributed by atoms with Gasteiger partial charge in [-0.05, 0) is 35.7 Å². The van der Waals surface area contributed by atoms with E-state index in [4.69, 9.17) is 5.73 Å². The molecular weight excluding hydrogens is 340 g/mol. The van der Waals surface area contributed by atoms with E-state index in [1.807, 2.05) is 6.07 Å². The van der Waals surface area contributed by atoms with Crippen LogP contribution >= 0.6 is 0 Å². The number of likely N-dealkylation sites (N-methyl/N-ethyl adjacent to an activating group) is 1. The number of rotatable bonds is 6. The van der Waals surface area contributed by atoms with Crippen LogP contribution in [0.2, 0.25) is 0 Å². The molecule has 0 aliphatic heterocycles. The Morgan fingerprint density at radius 3 is 2.48 bits per heavy atom. The SMILES string of the molecule is COC(=O)N(C)CCc1ccc(N)c(CS(=O)(=O)c2ccccc2)c1. The van der Waals surface area contributed by atoms with Crippen molar-refractivity contribution in [2.24, 2.45) is 0 Å². The highest BCUT2D eigenvalue weighted by molar-refractivity contribution is 7.90. The Morgan fingerprint density at radius 2 is 1.84 bits per heavy atom. The highest BCUT2D eigenvalue weighted by Gasteiger charge is 2.17. The van der Waals surface area contributed by atoms with Crippen LogP contribution in [0, 0.1) is 0 Å². The molecule has 0 radical (unpaired) electrons. The van der Waals surface area contributed by atoms with Gasteiger partial charge in [-0.15, -0.1) is 0 Å². The summed E-state index contributed by atoms with van der Waals surface area (Å²) in [7, 11) is -0.495. The first-order valence-corrected chi connectivity index (χ1v) is 9.43. The van der Waals surface area contributed by atoms with Crippen LogP contribution in [0.3, 0.4) is 0 Å². The molecule has 2 N–H and O–H groups in total. The normalized spacial score (nSPS) is 11.1. The molecule has 6 nitrogen and oxygen atoms in total. The second kappa shape index (κ2) is 8.02. The fourth-order valence-electron chi connectivity index (χ4n) is 2.40. The minimum atomic E-state index is -3.47. The van der Waals surface area contributed by atoms with Crippen molar-refractivity contribution >= 4 is 21.6 Å². The zero-order valence-electron chi connectivity index (χ0n) is 14.3. The van der Waals surface area contributed by atoms with Crippen LogP contribution in [0.5, 0.6) is 0 Å². The number of nitrogens with zero attached hydrogens (tertiary/aromatic N) is 1. The Labute approximate surface area is 148 Å². The predicted octanol–water partition coefficient (Wildman–Crippen LogP) is 2.48. The summed E-state index contributed by atoms with van der Waals surface area (Å²) >= 11 is 0. The smallest absolute Gasteiger partial charge is 0.409 e. The number of nitrogen functional groups attached to an aromatic ring is 1. The molecule has 0 saturated heterocycles. The monoisotopic (exact) mass is 362 g/mol. The summed E-state index contributed by atoms with van der Waals surface area (Å²) in [6.07, 6.45) is 0.159. The quantitative estimate of drug-likeness (QED) is 0.798. The fraction of sp³-hybridized carbons (Fsp3) is 0.278. The maximum Gasteiger partial charge on any atom is 0.409 e. The number of sulfone groups is 1. The van der Waals surface area contributed by atoms with Crippen LogP contribution in [0.15, 0.2) is 53.4 Å². The van der Waals surface area contributed by atoms with Gasteiger partial charge in [0, 0.05) is 19.3 Å². The van der Waals surface area contributed by atoms with Gasteiger partial charge in [0.1, 0.15) is 0 Å². The summed E-state index contributed by atoms with van der Waals surface area (Å²) in [4.78, 5) is 13.1. The number of nitrogens with two attached hydrogens (primary N) is 1. The van der Waals surface area contributed by atoms with Crippen molar-refractivity contribution in [3.63, 3.8) is 0 Å². The average molecular weight is 362 g/mol. The molecule has 1 amide bonds. The minimum absolute atomic E-state index is 0.163. The highest BCUT2D eigenvalue weighted by atomic mass is 32.2. The third-order valence-electron chi connectivity index (χ3n) is 3.88. The molecule has 0 aliphatic rings. The lowest BCUT2D eigenvalue weighted by Gasteiger charge is -2.16. The number of benzene rings is 2. The average Bonchev–Trinajstić information content (AvgIpc) is 2.62. The minimum Gasteiger partial charge on any atom is -0.453 e. The molecule has 7 heteroatoms. The topological polar surface area (TPSA) is 89.7 Å². The Morgan fingerprint density at radius 1 is 1.16 bits per heavy atom. The van der Waals surface area contributed by atoms with Gasteiger partial charge < -0.3 is 15.4 Å². The molecule has 0 heterocycles. The van der Waals surface area contributed by atoms with E-state index in [2.05, 4.69) is 4.74 Å². The first-order valence-electron chi connectivity index (χ1n) is 7.77. The maximum absolute atomic E-state index is 12.5. The van der Waals surface area contributed by atoms with E-state index < -0.39 is 15.9 Å². The van der Waals surface area contributed by atoms with Gasteiger partial charge in [0.15, 0.2) is 9.84 Å². The van der Waals surface area contributed by atoms with E-state index >= 15 is 0 Å². The molecule has 25 heavy (non-hydrogen) atoms. The molecule has 0 saturated carbocycles. The van der Waals surface area contributed by atoms with Gasteiger partial charge >= 0.3 is 6.09 Å². The predicted molar refractivity (Wildman–Crippen MR) is 96.9 cm³/mol. The second-order valence-corrected chi connectivity index (χ2v) is 7.74. The zero-order valence-corrected chi connectivity index (χ0v) is 15.1. The first-order chi connectivity index (χ1) is 11.8. The molecule has 0 bridgehead atoms. The van der Waals surface area contributed by atoms with Gasteiger partial charge in [0.2, 0.25) is 0 Å². The summed E-state index contributed by atoms with van der Waals surface area (Å²) in [6, 6.07) is 13.6. The summed E-state index contributed by atoms with van der Waals surface area (Å²) in [5.41, 5.74) is 7.85. The molecule has 0 fully saturated rings. The number of carbonyl (C=O) groups excluding carboxylic acids is 1. The number of methoxy groups -OCH3 is 1. The number of hydrogen-bond donors (Lipinski definition) is 1. The number of hydrogen-bond acceptors (Lipinski definition) is 5. The Hall–Kier alpha value is -2.54.